The van der Waals surface area contributed by atoms with Crippen LogP contribution in [-0.2, 0) is 9.53 Å². The molecule has 0 bridgehead atoms. The van der Waals surface area contributed by atoms with Crippen LogP contribution in [0.25, 0.3) is 0 Å². The van der Waals surface area contributed by atoms with E-state index in [9.17, 15) is 9.70 Å². The van der Waals surface area contributed by atoms with Crippen LogP contribution < -0.4 is 0 Å². The minimum absolute atomic E-state index is 0.170. The lowest BCUT2D eigenvalue weighted by molar-refractivity contribution is -0.154. The van der Waals surface area contributed by atoms with Crippen molar-refractivity contribution in [2.24, 2.45) is 5.18 Å². The average molecular weight is 201 g/mol. The Balaban J connectivity index is 3.41. The number of carbonyl (C=O) groups excluding carboxylic acids is 1. The number of hydrogen-bond donors (Lipinski definition) is 0. The highest BCUT2D eigenvalue weighted by Crippen LogP contribution is 2.10. The molecule has 0 aliphatic heterocycles. The molecule has 0 aliphatic carbocycles. The first-order valence-electron chi connectivity index (χ1n) is 4.96. The van der Waals surface area contributed by atoms with Gasteiger partial charge in [-0.1, -0.05) is 11.6 Å². The fraction of sp³-hybridized carbons (Fsp3) is 0.900. The third-order valence-corrected chi connectivity index (χ3v) is 1.55. The number of esters is 1. The molecule has 0 aromatic rings. The van der Waals surface area contributed by atoms with Gasteiger partial charge in [-0.05, 0) is 33.6 Å². The first-order valence-corrected chi connectivity index (χ1v) is 4.96. The van der Waals surface area contributed by atoms with Crippen LogP contribution in [0, 0.1) is 4.91 Å². The van der Waals surface area contributed by atoms with E-state index in [1.165, 1.54) is 0 Å². The Hall–Kier alpha value is -0.930. The van der Waals surface area contributed by atoms with Crippen molar-refractivity contribution in [3.05, 3.63) is 4.91 Å². The number of unbranched alkanes of at least 4 members (excludes halogenated alkanes) is 2. The van der Waals surface area contributed by atoms with Gasteiger partial charge < -0.3 is 4.74 Å². The van der Waals surface area contributed by atoms with Gasteiger partial charge in [-0.2, -0.15) is 4.91 Å². The second-order valence-corrected chi connectivity index (χ2v) is 4.25. The van der Waals surface area contributed by atoms with E-state index in [2.05, 4.69) is 5.18 Å². The lowest BCUT2D eigenvalue weighted by Gasteiger charge is -2.19. The van der Waals surface area contributed by atoms with Crippen LogP contribution in [0.15, 0.2) is 5.18 Å². The number of hydrogen-bond acceptors (Lipinski definition) is 4. The summed E-state index contributed by atoms with van der Waals surface area (Å²) < 4.78 is 5.12. The molecule has 0 rings (SSSR count). The molecule has 0 atom stereocenters. The molecule has 0 saturated carbocycles. The first kappa shape index (κ1) is 13.1. The maximum absolute atomic E-state index is 11.2. The second kappa shape index (κ2) is 6.51. The van der Waals surface area contributed by atoms with Crippen molar-refractivity contribution in [1.82, 2.24) is 0 Å². The van der Waals surface area contributed by atoms with Gasteiger partial charge in [0.1, 0.15) is 5.60 Å². The van der Waals surface area contributed by atoms with E-state index in [0.29, 0.717) is 13.0 Å². The zero-order valence-corrected chi connectivity index (χ0v) is 9.21. The van der Waals surface area contributed by atoms with Crippen molar-refractivity contribution in [3.8, 4) is 0 Å². The molecule has 0 spiro atoms. The Labute approximate surface area is 85.0 Å². The molecule has 4 nitrogen and oxygen atoms in total. The van der Waals surface area contributed by atoms with E-state index < -0.39 is 5.60 Å². The molecule has 0 fully saturated rings. The Kier molecular flexibility index (Phi) is 6.08. The zero-order valence-electron chi connectivity index (χ0n) is 9.21. The maximum Gasteiger partial charge on any atom is 0.306 e. The molecular formula is C10H19NO3. The Morgan fingerprint density at radius 2 is 1.86 bits per heavy atom. The van der Waals surface area contributed by atoms with Crippen LogP contribution in [0.1, 0.15) is 46.5 Å². The average Bonchev–Trinajstić information content (AvgIpc) is 2.00. The molecule has 0 heterocycles. The lowest BCUT2D eigenvalue weighted by Crippen LogP contribution is -2.23. The van der Waals surface area contributed by atoms with Crippen LogP contribution in [0.4, 0.5) is 0 Å². The molecule has 0 radical (unpaired) electrons. The summed E-state index contributed by atoms with van der Waals surface area (Å²) in [6, 6.07) is 0. The molecule has 14 heavy (non-hydrogen) atoms. The first-order chi connectivity index (χ1) is 6.45. The summed E-state index contributed by atoms with van der Waals surface area (Å²) >= 11 is 0. The lowest BCUT2D eigenvalue weighted by atomic mass is 10.1. The number of carbonyl (C=O) groups is 1. The monoisotopic (exact) mass is 201 g/mol. The highest BCUT2D eigenvalue weighted by molar-refractivity contribution is 5.69. The van der Waals surface area contributed by atoms with Gasteiger partial charge >= 0.3 is 5.97 Å². The van der Waals surface area contributed by atoms with E-state index >= 15 is 0 Å². The third-order valence-electron chi connectivity index (χ3n) is 1.55. The summed E-state index contributed by atoms with van der Waals surface area (Å²) in [7, 11) is 0. The summed E-state index contributed by atoms with van der Waals surface area (Å²) in [5.41, 5.74) is -0.401. The van der Waals surface area contributed by atoms with Gasteiger partial charge in [0.15, 0.2) is 0 Å². The standard InChI is InChI=1S/C10H19NO3/c1-10(2,3)14-9(12)7-5-4-6-8-11-13/h4-8H2,1-3H3. The topological polar surface area (TPSA) is 55.7 Å². The van der Waals surface area contributed by atoms with Crippen molar-refractivity contribution in [3.63, 3.8) is 0 Å². The summed E-state index contributed by atoms with van der Waals surface area (Å²) in [5, 5.41) is 2.75. The minimum atomic E-state index is -0.401. The van der Waals surface area contributed by atoms with Crippen molar-refractivity contribution in [1.29, 1.82) is 0 Å². The molecular weight excluding hydrogens is 182 g/mol. The van der Waals surface area contributed by atoms with Gasteiger partial charge in [0.25, 0.3) is 0 Å². The molecule has 0 amide bonds. The zero-order chi connectivity index (χ0) is 11.0. The van der Waals surface area contributed by atoms with Gasteiger partial charge in [0, 0.05) is 6.42 Å². The molecule has 4 heteroatoms. The molecule has 0 N–H and O–H groups in total. The number of nitrogens with zero attached hydrogens (tertiary/aromatic N) is 1. The van der Waals surface area contributed by atoms with Crippen molar-refractivity contribution < 1.29 is 9.53 Å². The van der Waals surface area contributed by atoms with Crippen LogP contribution in [-0.4, -0.2) is 18.1 Å². The van der Waals surface area contributed by atoms with Crippen molar-refractivity contribution >= 4 is 5.97 Å². The number of ether oxygens (including phenoxy) is 1. The Morgan fingerprint density at radius 1 is 1.21 bits per heavy atom. The Morgan fingerprint density at radius 3 is 2.36 bits per heavy atom. The summed E-state index contributed by atoms with van der Waals surface area (Å²) in [5.74, 6) is -0.170. The number of rotatable bonds is 6. The number of nitroso groups, excluding NO2 is 1. The SMILES string of the molecule is CC(C)(C)OC(=O)CCCCCN=O. The van der Waals surface area contributed by atoms with E-state index in [-0.39, 0.29) is 5.97 Å². The van der Waals surface area contributed by atoms with Gasteiger partial charge in [0.05, 0.1) is 6.54 Å². The van der Waals surface area contributed by atoms with Crippen LogP contribution in [0.5, 0.6) is 0 Å². The molecule has 0 aromatic carbocycles. The molecule has 0 aromatic heterocycles. The normalized spacial score (nSPS) is 11.1. The quantitative estimate of drug-likeness (QED) is 0.377. The van der Waals surface area contributed by atoms with Crippen molar-refractivity contribution in [2.75, 3.05) is 6.54 Å². The highest BCUT2D eigenvalue weighted by Gasteiger charge is 2.15. The van der Waals surface area contributed by atoms with E-state index in [4.69, 9.17) is 4.74 Å². The molecule has 0 unspecified atom stereocenters. The van der Waals surface area contributed by atoms with E-state index in [1.54, 1.807) is 0 Å². The second-order valence-electron chi connectivity index (χ2n) is 4.25. The van der Waals surface area contributed by atoms with Crippen LogP contribution >= 0.6 is 0 Å². The molecule has 0 saturated heterocycles. The fourth-order valence-corrected chi connectivity index (χ4v) is 1.02. The molecule has 0 aliphatic rings. The summed E-state index contributed by atoms with van der Waals surface area (Å²) in [6.07, 6.45) is 2.80. The van der Waals surface area contributed by atoms with E-state index in [0.717, 1.165) is 19.3 Å². The van der Waals surface area contributed by atoms with Gasteiger partial charge in [0.2, 0.25) is 0 Å². The van der Waals surface area contributed by atoms with Gasteiger partial charge in [-0.15, -0.1) is 0 Å². The predicted octanol–water partition coefficient (Wildman–Crippen LogP) is 2.65. The highest BCUT2D eigenvalue weighted by atomic mass is 16.6. The van der Waals surface area contributed by atoms with Gasteiger partial charge in [-0.25, -0.2) is 0 Å². The van der Waals surface area contributed by atoms with Crippen LogP contribution in [0.2, 0.25) is 0 Å². The van der Waals surface area contributed by atoms with Gasteiger partial charge in [-0.3, -0.25) is 4.79 Å². The largest absolute Gasteiger partial charge is 0.460 e. The predicted molar refractivity (Wildman–Crippen MR) is 55.0 cm³/mol. The van der Waals surface area contributed by atoms with Crippen LogP contribution in [0.3, 0.4) is 0 Å². The Bertz CT molecular complexity index is 184. The molecule has 82 valence electrons. The van der Waals surface area contributed by atoms with E-state index in [1.807, 2.05) is 20.8 Å². The maximum atomic E-state index is 11.2. The van der Waals surface area contributed by atoms with Crippen molar-refractivity contribution in [2.45, 2.75) is 52.1 Å². The minimum Gasteiger partial charge on any atom is -0.460 e. The fourth-order valence-electron chi connectivity index (χ4n) is 1.02. The summed E-state index contributed by atoms with van der Waals surface area (Å²) in [4.78, 5) is 20.9. The summed E-state index contributed by atoms with van der Waals surface area (Å²) in [6.45, 7) is 5.89. The smallest absolute Gasteiger partial charge is 0.306 e. The third kappa shape index (κ3) is 9.16.